The molecule has 1 aromatic rings. The lowest BCUT2D eigenvalue weighted by atomic mass is 10.2. The normalized spacial score (nSPS) is 20.1. The third-order valence-corrected chi connectivity index (χ3v) is 4.05. The van der Waals surface area contributed by atoms with Gasteiger partial charge in [0.05, 0.1) is 12.6 Å². The molecule has 0 spiro atoms. The van der Waals surface area contributed by atoms with Gasteiger partial charge in [0.1, 0.15) is 10.7 Å². The Kier molecular flexibility index (Phi) is 3.27. The van der Waals surface area contributed by atoms with E-state index < -0.39 is 5.91 Å². The summed E-state index contributed by atoms with van der Waals surface area (Å²) in [7, 11) is 0. The molecule has 0 radical (unpaired) electrons. The number of nitrogens with zero attached hydrogens (tertiary/aromatic N) is 1. The molecule has 88 valence electrons. The molecule has 1 aromatic heterocycles. The van der Waals surface area contributed by atoms with Crippen LogP contribution in [0.4, 0.5) is 5.82 Å². The maximum Gasteiger partial charge on any atom is 0.262 e. The van der Waals surface area contributed by atoms with Gasteiger partial charge in [-0.2, -0.15) is 0 Å². The van der Waals surface area contributed by atoms with E-state index >= 15 is 0 Å². The van der Waals surface area contributed by atoms with Gasteiger partial charge in [0, 0.05) is 6.61 Å². The predicted molar refractivity (Wildman–Crippen MR) is 65.0 cm³/mol. The fourth-order valence-corrected chi connectivity index (χ4v) is 2.95. The summed E-state index contributed by atoms with van der Waals surface area (Å²) in [4.78, 5) is 11.4. The zero-order chi connectivity index (χ0) is 11.7. The van der Waals surface area contributed by atoms with E-state index in [4.69, 9.17) is 28.4 Å². The smallest absolute Gasteiger partial charge is 0.262 e. The Labute approximate surface area is 102 Å². The summed E-state index contributed by atoms with van der Waals surface area (Å²) in [6, 6.07) is 0. The van der Waals surface area contributed by atoms with E-state index in [1.807, 2.05) is 0 Å². The summed E-state index contributed by atoms with van der Waals surface area (Å²) < 4.78 is 7.81. The number of aromatic nitrogens is 1. The number of anilines is 1. The molecule has 16 heavy (non-hydrogen) atoms. The quantitative estimate of drug-likeness (QED) is 0.797. The second-order valence-electron chi connectivity index (χ2n) is 3.69. The zero-order valence-corrected chi connectivity index (χ0v) is 10.3. The molecule has 1 aliphatic heterocycles. The van der Waals surface area contributed by atoms with Gasteiger partial charge in [-0.15, -0.1) is 0 Å². The first-order chi connectivity index (χ1) is 7.59. The number of rotatable bonds is 3. The van der Waals surface area contributed by atoms with Crippen molar-refractivity contribution in [3.8, 4) is 0 Å². The first-order valence-electron chi connectivity index (χ1n) is 5.00. The Morgan fingerprint density at radius 2 is 2.44 bits per heavy atom. The van der Waals surface area contributed by atoms with Crippen molar-refractivity contribution in [2.45, 2.75) is 25.5 Å². The second-order valence-corrected chi connectivity index (χ2v) is 5.34. The van der Waals surface area contributed by atoms with Gasteiger partial charge in [-0.05, 0) is 25.1 Å². The molecule has 1 aliphatic rings. The third kappa shape index (κ3) is 2.11. The Bertz CT molecular complexity index is 460. The first-order valence-corrected chi connectivity index (χ1v) is 6.22. The van der Waals surface area contributed by atoms with E-state index in [-0.39, 0.29) is 6.10 Å². The van der Waals surface area contributed by atoms with Gasteiger partial charge >= 0.3 is 0 Å². The van der Waals surface area contributed by atoms with Gasteiger partial charge < -0.3 is 20.8 Å². The van der Waals surface area contributed by atoms with Crippen LogP contribution in [0.5, 0.6) is 0 Å². The zero-order valence-electron chi connectivity index (χ0n) is 8.64. The number of carbonyl (C=O) groups is 1. The van der Waals surface area contributed by atoms with Gasteiger partial charge in [0.2, 0.25) is 0 Å². The molecule has 5 nitrogen and oxygen atoms in total. The molecule has 0 aliphatic carbocycles. The van der Waals surface area contributed by atoms with Crippen LogP contribution in [0.2, 0.25) is 0 Å². The highest BCUT2D eigenvalue weighted by molar-refractivity contribution is 7.73. The summed E-state index contributed by atoms with van der Waals surface area (Å²) in [5.74, 6) is -0.169. The topological polar surface area (TPSA) is 83.3 Å². The van der Waals surface area contributed by atoms with Crippen LogP contribution >= 0.6 is 23.6 Å². The number of amides is 1. The molecule has 0 unspecified atom stereocenters. The molecule has 0 bridgehead atoms. The largest absolute Gasteiger partial charge is 0.384 e. The number of primary amides is 1. The lowest BCUT2D eigenvalue weighted by molar-refractivity contribution is 0.0967. The fourth-order valence-electron chi connectivity index (χ4n) is 1.76. The van der Waals surface area contributed by atoms with Gasteiger partial charge in [0.15, 0.2) is 3.95 Å². The van der Waals surface area contributed by atoms with Gasteiger partial charge in [-0.1, -0.05) is 11.3 Å². The number of thiazole rings is 1. The molecule has 0 aromatic carbocycles. The molecule has 7 heteroatoms. The third-order valence-electron chi connectivity index (χ3n) is 2.57. The highest BCUT2D eigenvalue weighted by Gasteiger charge is 2.20. The summed E-state index contributed by atoms with van der Waals surface area (Å²) >= 11 is 6.31. The minimum Gasteiger partial charge on any atom is -0.384 e. The lowest BCUT2D eigenvalue weighted by Gasteiger charge is -2.11. The van der Waals surface area contributed by atoms with Crippen molar-refractivity contribution in [2.75, 3.05) is 12.3 Å². The molecule has 2 heterocycles. The Morgan fingerprint density at radius 3 is 2.94 bits per heavy atom. The van der Waals surface area contributed by atoms with Gasteiger partial charge in [0.25, 0.3) is 5.91 Å². The van der Waals surface area contributed by atoms with Crippen LogP contribution in [-0.2, 0) is 11.3 Å². The van der Waals surface area contributed by atoms with Crippen LogP contribution in [0.3, 0.4) is 0 Å². The van der Waals surface area contributed by atoms with Crippen molar-refractivity contribution < 1.29 is 9.53 Å². The number of carbonyl (C=O) groups excluding carboxylic acids is 1. The lowest BCUT2D eigenvalue weighted by Crippen LogP contribution is -2.18. The Hall–Kier alpha value is -0.920. The average Bonchev–Trinajstić information content (AvgIpc) is 2.81. The molecule has 1 saturated heterocycles. The number of nitrogens with two attached hydrogens (primary N) is 2. The van der Waals surface area contributed by atoms with Crippen LogP contribution in [0.15, 0.2) is 0 Å². The number of ether oxygens (including phenoxy) is 1. The van der Waals surface area contributed by atoms with Crippen LogP contribution < -0.4 is 11.5 Å². The SMILES string of the molecule is NC(=O)c1sc(=S)n(C[C@@H]2CCCO2)c1N. The molecular formula is C9H13N3O2S2. The molecule has 4 N–H and O–H groups in total. The maximum atomic E-state index is 11.1. The molecule has 0 saturated carbocycles. The monoisotopic (exact) mass is 259 g/mol. The van der Waals surface area contributed by atoms with Crippen LogP contribution in [0.1, 0.15) is 22.5 Å². The van der Waals surface area contributed by atoms with Gasteiger partial charge in [-0.3, -0.25) is 4.79 Å². The standard InChI is InChI=1S/C9H13N3O2S2/c10-7-6(8(11)13)16-9(15)12(7)4-5-2-1-3-14-5/h5H,1-4,10H2,(H2,11,13)/t5-/m0/s1. The maximum absolute atomic E-state index is 11.1. The average molecular weight is 259 g/mol. The second kappa shape index (κ2) is 4.52. The first kappa shape index (κ1) is 11.6. The highest BCUT2D eigenvalue weighted by Crippen LogP contribution is 2.24. The summed E-state index contributed by atoms with van der Waals surface area (Å²) in [5.41, 5.74) is 11.0. The molecular weight excluding hydrogens is 246 g/mol. The summed E-state index contributed by atoms with van der Waals surface area (Å²) in [6.07, 6.45) is 2.21. The number of nitrogen functional groups attached to an aromatic ring is 1. The van der Waals surface area contributed by atoms with Crippen molar-refractivity contribution >= 4 is 35.3 Å². The predicted octanol–water partition coefficient (Wildman–Crippen LogP) is 1.14. The minimum absolute atomic E-state index is 0.143. The number of hydrogen-bond donors (Lipinski definition) is 2. The minimum atomic E-state index is -0.528. The van der Waals surface area contributed by atoms with E-state index in [1.54, 1.807) is 4.57 Å². The van der Waals surface area contributed by atoms with E-state index in [2.05, 4.69) is 0 Å². The van der Waals surface area contributed by atoms with E-state index in [0.717, 1.165) is 30.8 Å². The Morgan fingerprint density at radius 1 is 1.69 bits per heavy atom. The molecule has 1 amide bonds. The van der Waals surface area contributed by atoms with Crippen molar-refractivity contribution in [1.29, 1.82) is 0 Å². The molecule has 1 fully saturated rings. The van der Waals surface area contributed by atoms with Crippen molar-refractivity contribution in [3.63, 3.8) is 0 Å². The van der Waals surface area contributed by atoms with Crippen LogP contribution in [0.25, 0.3) is 0 Å². The van der Waals surface area contributed by atoms with E-state index in [9.17, 15) is 4.79 Å². The van der Waals surface area contributed by atoms with E-state index in [1.165, 1.54) is 0 Å². The van der Waals surface area contributed by atoms with E-state index in [0.29, 0.717) is 21.2 Å². The van der Waals surface area contributed by atoms with Crippen molar-refractivity contribution in [1.82, 2.24) is 4.57 Å². The van der Waals surface area contributed by atoms with Gasteiger partial charge in [-0.25, -0.2) is 0 Å². The Balaban J connectivity index is 2.26. The summed E-state index contributed by atoms with van der Waals surface area (Å²) in [6.45, 7) is 1.39. The van der Waals surface area contributed by atoms with Crippen LogP contribution in [0, 0.1) is 3.95 Å². The number of hydrogen-bond acceptors (Lipinski definition) is 5. The molecule has 2 rings (SSSR count). The molecule has 1 atom stereocenters. The highest BCUT2D eigenvalue weighted by atomic mass is 32.1. The van der Waals surface area contributed by atoms with Crippen molar-refractivity contribution in [2.24, 2.45) is 5.73 Å². The fraction of sp³-hybridized carbons (Fsp3) is 0.556. The van der Waals surface area contributed by atoms with Crippen LogP contribution in [-0.4, -0.2) is 23.2 Å². The van der Waals surface area contributed by atoms with Crippen molar-refractivity contribution in [3.05, 3.63) is 8.83 Å². The summed E-state index contributed by atoms with van der Waals surface area (Å²) in [5, 5.41) is 0.